The average molecular weight is 505 g/mol. The van der Waals surface area contributed by atoms with Crippen LogP contribution in [0.25, 0.3) is 11.4 Å². The van der Waals surface area contributed by atoms with Gasteiger partial charge in [0.1, 0.15) is 5.00 Å². The maximum Gasteiger partial charge on any atom is 0.341 e. The zero-order valence-corrected chi connectivity index (χ0v) is 21.9. The fraction of sp³-hybridized carbons (Fsp3) is 0.478. The number of thioether (sulfide) groups is 1. The van der Waals surface area contributed by atoms with Crippen molar-refractivity contribution in [3.8, 4) is 11.4 Å². The van der Waals surface area contributed by atoms with Gasteiger partial charge >= 0.3 is 5.97 Å². The van der Waals surface area contributed by atoms with E-state index >= 15 is 0 Å². The van der Waals surface area contributed by atoms with Crippen molar-refractivity contribution in [1.29, 1.82) is 0 Å². The number of aromatic nitrogens is 3. The van der Waals surface area contributed by atoms with Crippen LogP contribution in [0.2, 0.25) is 0 Å². The van der Waals surface area contributed by atoms with E-state index in [1.165, 1.54) is 47.1 Å². The Labute approximate surface area is 206 Å². The van der Waals surface area contributed by atoms with Crippen molar-refractivity contribution >= 4 is 51.3 Å². The van der Waals surface area contributed by atoms with Gasteiger partial charge in [-0.05, 0) is 49.7 Å². The molecule has 1 unspecified atom stereocenters. The first kappa shape index (κ1) is 24.0. The van der Waals surface area contributed by atoms with E-state index in [9.17, 15) is 9.59 Å². The SMILES string of the molecule is CCc1c(C)sc(NC(=O)CSc2nnc(-c3csc4c3CCC(C)C4)n2C)c1C(=O)OC. The molecule has 7 nitrogen and oxygen atoms in total. The van der Waals surface area contributed by atoms with E-state index in [4.69, 9.17) is 4.74 Å². The summed E-state index contributed by atoms with van der Waals surface area (Å²) in [5, 5.41) is 15.1. The van der Waals surface area contributed by atoms with Crippen LogP contribution in [-0.4, -0.2) is 39.5 Å². The summed E-state index contributed by atoms with van der Waals surface area (Å²) >= 11 is 4.55. The molecule has 4 rings (SSSR count). The summed E-state index contributed by atoms with van der Waals surface area (Å²) in [5.41, 5.74) is 3.94. The predicted molar refractivity (Wildman–Crippen MR) is 135 cm³/mol. The number of anilines is 1. The first-order chi connectivity index (χ1) is 15.8. The Morgan fingerprint density at radius 3 is 2.88 bits per heavy atom. The Bertz CT molecular complexity index is 1190. The minimum atomic E-state index is -0.425. The molecule has 0 aliphatic heterocycles. The summed E-state index contributed by atoms with van der Waals surface area (Å²) in [6.07, 6.45) is 4.11. The van der Waals surface area contributed by atoms with Gasteiger partial charge in [-0.1, -0.05) is 25.6 Å². The Balaban J connectivity index is 1.46. The second kappa shape index (κ2) is 9.99. The summed E-state index contributed by atoms with van der Waals surface area (Å²) in [6.45, 7) is 6.24. The van der Waals surface area contributed by atoms with Crippen molar-refractivity contribution in [2.45, 2.75) is 51.6 Å². The number of fused-ring (bicyclic) bond motifs is 1. The number of hydrogen-bond donors (Lipinski definition) is 1. The minimum Gasteiger partial charge on any atom is -0.465 e. The molecule has 1 atom stereocenters. The number of thiophene rings is 2. The van der Waals surface area contributed by atoms with Gasteiger partial charge in [0, 0.05) is 27.7 Å². The molecule has 0 spiro atoms. The van der Waals surface area contributed by atoms with Crippen LogP contribution in [0.4, 0.5) is 5.00 Å². The molecule has 10 heteroatoms. The molecule has 3 aromatic rings. The number of esters is 1. The molecule has 0 saturated heterocycles. The lowest BCUT2D eigenvalue weighted by Crippen LogP contribution is -2.16. The van der Waals surface area contributed by atoms with Crippen molar-refractivity contribution in [3.05, 3.63) is 31.8 Å². The van der Waals surface area contributed by atoms with Gasteiger partial charge in [0.25, 0.3) is 0 Å². The van der Waals surface area contributed by atoms with E-state index in [1.807, 2.05) is 36.8 Å². The number of aryl methyl sites for hydroxylation is 1. The maximum atomic E-state index is 12.7. The lowest BCUT2D eigenvalue weighted by molar-refractivity contribution is -0.113. The lowest BCUT2D eigenvalue weighted by Gasteiger charge is -2.18. The second-order valence-electron chi connectivity index (χ2n) is 8.29. The number of methoxy groups -OCH3 is 1. The van der Waals surface area contributed by atoms with Gasteiger partial charge < -0.3 is 14.6 Å². The first-order valence-electron chi connectivity index (χ1n) is 11.0. The summed E-state index contributed by atoms with van der Waals surface area (Å²) in [7, 11) is 3.30. The van der Waals surface area contributed by atoms with Crippen LogP contribution < -0.4 is 5.32 Å². The van der Waals surface area contributed by atoms with Crippen molar-refractivity contribution in [3.63, 3.8) is 0 Å². The van der Waals surface area contributed by atoms with Crippen molar-refractivity contribution in [2.24, 2.45) is 13.0 Å². The predicted octanol–water partition coefficient (Wildman–Crippen LogP) is 5.12. The molecule has 0 bridgehead atoms. The van der Waals surface area contributed by atoms with Crippen LogP contribution in [0.5, 0.6) is 0 Å². The number of amides is 1. The number of ether oxygens (including phenoxy) is 1. The van der Waals surface area contributed by atoms with Crippen molar-refractivity contribution < 1.29 is 14.3 Å². The van der Waals surface area contributed by atoms with E-state index in [0.717, 1.165) is 40.6 Å². The topological polar surface area (TPSA) is 86.1 Å². The molecule has 176 valence electrons. The molecule has 0 fully saturated rings. The Kier molecular flexibility index (Phi) is 7.25. The van der Waals surface area contributed by atoms with Gasteiger partial charge in [-0.15, -0.1) is 32.9 Å². The zero-order chi connectivity index (χ0) is 23.7. The minimum absolute atomic E-state index is 0.171. The quantitative estimate of drug-likeness (QED) is 0.355. The number of rotatable bonds is 7. The van der Waals surface area contributed by atoms with Gasteiger partial charge in [0.2, 0.25) is 5.91 Å². The fourth-order valence-electron chi connectivity index (χ4n) is 4.24. The molecule has 3 aromatic heterocycles. The van der Waals surface area contributed by atoms with Crippen LogP contribution in [0.1, 0.15) is 51.5 Å². The fourth-order valence-corrected chi connectivity index (χ4v) is 7.35. The van der Waals surface area contributed by atoms with E-state index in [2.05, 4.69) is 27.8 Å². The Morgan fingerprint density at radius 1 is 1.36 bits per heavy atom. The molecule has 1 amide bonds. The normalized spacial score (nSPS) is 15.4. The molecule has 0 radical (unpaired) electrons. The van der Waals surface area contributed by atoms with Gasteiger partial charge in [-0.2, -0.15) is 0 Å². The third kappa shape index (κ3) is 4.74. The molecular weight excluding hydrogens is 476 g/mol. The number of nitrogens with zero attached hydrogens (tertiary/aromatic N) is 3. The van der Waals surface area contributed by atoms with Gasteiger partial charge in [-0.25, -0.2) is 4.79 Å². The Hall–Kier alpha value is -2.17. The van der Waals surface area contributed by atoms with E-state index in [0.29, 0.717) is 22.1 Å². The largest absolute Gasteiger partial charge is 0.465 e. The van der Waals surface area contributed by atoms with Crippen LogP contribution in [0.3, 0.4) is 0 Å². The third-order valence-corrected chi connectivity index (χ3v) is 9.15. The highest BCUT2D eigenvalue weighted by Gasteiger charge is 2.25. The third-order valence-electron chi connectivity index (χ3n) is 6.01. The van der Waals surface area contributed by atoms with Crippen LogP contribution in [-0.2, 0) is 35.8 Å². The molecule has 0 saturated carbocycles. The highest BCUT2D eigenvalue weighted by molar-refractivity contribution is 7.99. The van der Waals surface area contributed by atoms with Gasteiger partial charge in [0.15, 0.2) is 11.0 Å². The van der Waals surface area contributed by atoms with Crippen LogP contribution in [0.15, 0.2) is 10.5 Å². The Morgan fingerprint density at radius 2 is 2.15 bits per heavy atom. The summed E-state index contributed by atoms with van der Waals surface area (Å²) in [5.74, 6) is 1.13. The van der Waals surface area contributed by atoms with Crippen molar-refractivity contribution in [2.75, 3.05) is 18.2 Å². The first-order valence-corrected chi connectivity index (χ1v) is 13.6. The average Bonchev–Trinajstić information content (AvgIpc) is 3.45. The van der Waals surface area contributed by atoms with E-state index < -0.39 is 5.97 Å². The number of carbonyl (C=O) groups excluding carboxylic acids is 2. The lowest BCUT2D eigenvalue weighted by atomic mass is 9.88. The van der Waals surface area contributed by atoms with Gasteiger partial charge in [-0.3, -0.25) is 4.79 Å². The molecule has 3 heterocycles. The summed E-state index contributed by atoms with van der Waals surface area (Å²) in [4.78, 5) is 27.4. The van der Waals surface area contributed by atoms with Gasteiger partial charge in [0.05, 0.1) is 18.4 Å². The smallest absolute Gasteiger partial charge is 0.341 e. The standard InChI is InChI=1S/C23H28N4O3S3/c1-6-14-13(3)33-21(19(14)22(29)30-5)24-18(28)11-32-23-26-25-20(27(23)4)16-10-31-17-9-12(2)7-8-15(16)17/h10,12H,6-9,11H2,1-5H3,(H,24,28). The molecule has 0 aromatic carbocycles. The highest BCUT2D eigenvalue weighted by Crippen LogP contribution is 2.38. The molecule has 1 aliphatic carbocycles. The summed E-state index contributed by atoms with van der Waals surface area (Å²) in [6, 6.07) is 0. The zero-order valence-electron chi connectivity index (χ0n) is 19.5. The van der Waals surface area contributed by atoms with Crippen LogP contribution in [0, 0.1) is 12.8 Å². The molecule has 1 aliphatic rings. The summed E-state index contributed by atoms with van der Waals surface area (Å²) < 4.78 is 6.89. The molecule has 1 N–H and O–H groups in total. The number of nitrogens with one attached hydrogen (secondary N) is 1. The number of hydrogen-bond acceptors (Lipinski definition) is 8. The monoisotopic (exact) mass is 504 g/mol. The van der Waals surface area contributed by atoms with Crippen LogP contribution >= 0.6 is 34.4 Å². The highest BCUT2D eigenvalue weighted by atomic mass is 32.2. The van der Waals surface area contributed by atoms with Crippen molar-refractivity contribution in [1.82, 2.24) is 14.8 Å². The second-order valence-corrected chi connectivity index (χ2v) is 11.4. The maximum absolute atomic E-state index is 12.7. The van der Waals surface area contributed by atoms with E-state index in [1.54, 1.807) is 0 Å². The van der Waals surface area contributed by atoms with E-state index in [-0.39, 0.29) is 11.7 Å². The molecule has 33 heavy (non-hydrogen) atoms. The number of carbonyl (C=O) groups is 2. The molecular formula is C23H28N4O3S3.